The molecule has 0 aliphatic carbocycles. The van der Waals surface area contributed by atoms with Gasteiger partial charge in [-0.15, -0.1) is 0 Å². The first kappa shape index (κ1) is 11.8. The largest absolute Gasteiger partial charge is 0.295 e. The minimum absolute atomic E-state index is 0.168. The smallest absolute Gasteiger partial charge is 0.249 e. The van der Waals surface area contributed by atoms with E-state index in [1.807, 2.05) is 30.3 Å². The van der Waals surface area contributed by atoms with Crippen LogP contribution in [0.4, 0.5) is 0 Å². The lowest BCUT2D eigenvalue weighted by atomic mass is 10.00. The second kappa shape index (κ2) is 4.30. The van der Waals surface area contributed by atoms with Crippen molar-refractivity contribution < 1.29 is 9.59 Å². The first-order valence-corrected chi connectivity index (χ1v) is 5.64. The number of benzene rings is 1. The molecule has 1 aliphatic rings. The van der Waals surface area contributed by atoms with Crippen LogP contribution in [0.2, 0.25) is 0 Å². The standard InChI is InChI=1S/C13H16N2O2/c1-13(2)12(17)15(11(16)8-14-13)9-10-6-4-3-5-7-10/h3-7,14H,8-9H2,1-2H3. The molecular weight excluding hydrogens is 216 g/mol. The van der Waals surface area contributed by atoms with Crippen molar-refractivity contribution in [1.82, 2.24) is 10.2 Å². The van der Waals surface area contributed by atoms with Gasteiger partial charge in [-0.2, -0.15) is 0 Å². The average molecular weight is 232 g/mol. The van der Waals surface area contributed by atoms with Crippen molar-refractivity contribution in [2.24, 2.45) is 0 Å². The van der Waals surface area contributed by atoms with E-state index in [1.54, 1.807) is 13.8 Å². The van der Waals surface area contributed by atoms with Crippen LogP contribution in [0.5, 0.6) is 0 Å². The van der Waals surface area contributed by atoms with Gasteiger partial charge in [0.05, 0.1) is 18.6 Å². The monoisotopic (exact) mass is 232 g/mol. The molecule has 1 fully saturated rings. The van der Waals surface area contributed by atoms with Gasteiger partial charge >= 0.3 is 0 Å². The van der Waals surface area contributed by atoms with Gasteiger partial charge in [-0.05, 0) is 19.4 Å². The molecule has 2 rings (SSSR count). The fourth-order valence-electron chi connectivity index (χ4n) is 1.84. The molecule has 0 aromatic heterocycles. The molecule has 0 unspecified atom stereocenters. The maximum atomic E-state index is 12.1. The van der Waals surface area contributed by atoms with E-state index in [1.165, 1.54) is 4.90 Å². The van der Waals surface area contributed by atoms with Crippen LogP contribution in [0.15, 0.2) is 30.3 Å². The highest BCUT2D eigenvalue weighted by molar-refractivity contribution is 6.02. The third-order valence-electron chi connectivity index (χ3n) is 2.95. The summed E-state index contributed by atoms with van der Waals surface area (Å²) >= 11 is 0. The minimum atomic E-state index is -0.664. The fourth-order valence-corrected chi connectivity index (χ4v) is 1.84. The third-order valence-corrected chi connectivity index (χ3v) is 2.95. The lowest BCUT2D eigenvalue weighted by Gasteiger charge is -2.36. The fraction of sp³-hybridized carbons (Fsp3) is 0.385. The summed E-state index contributed by atoms with van der Waals surface area (Å²) in [7, 11) is 0. The van der Waals surface area contributed by atoms with Crippen molar-refractivity contribution in [3.05, 3.63) is 35.9 Å². The summed E-state index contributed by atoms with van der Waals surface area (Å²) in [6.45, 7) is 4.15. The molecule has 1 heterocycles. The van der Waals surface area contributed by atoms with E-state index in [4.69, 9.17) is 0 Å². The number of hydrogen-bond acceptors (Lipinski definition) is 3. The zero-order chi connectivity index (χ0) is 12.5. The Hall–Kier alpha value is -1.68. The van der Waals surface area contributed by atoms with Crippen LogP contribution in [-0.4, -0.2) is 28.8 Å². The Balaban J connectivity index is 2.19. The van der Waals surface area contributed by atoms with E-state index >= 15 is 0 Å². The molecule has 1 aromatic rings. The summed E-state index contributed by atoms with van der Waals surface area (Å²) in [6.07, 6.45) is 0. The topological polar surface area (TPSA) is 49.4 Å². The zero-order valence-corrected chi connectivity index (χ0v) is 10.1. The van der Waals surface area contributed by atoms with E-state index in [2.05, 4.69) is 5.32 Å². The minimum Gasteiger partial charge on any atom is -0.295 e. The molecule has 1 aromatic carbocycles. The van der Waals surface area contributed by atoms with Gasteiger partial charge in [0.1, 0.15) is 0 Å². The first-order chi connectivity index (χ1) is 8.00. The van der Waals surface area contributed by atoms with Gasteiger partial charge in [0, 0.05) is 0 Å². The number of amides is 2. The average Bonchev–Trinajstić information content (AvgIpc) is 2.32. The van der Waals surface area contributed by atoms with Gasteiger partial charge in [-0.25, -0.2) is 0 Å². The normalized spacial score (nSPS) is 19.5. The van der Waals surface area contributed by atoms with E-state index in [9.17, 15) is 9.59 Å². The molecule has 0 saturated carbocycles. The number of carbonyl (C=O) groups is 2. The molecule has 4 nitrogen and oxygen atoms in total. The Morgan fingerprint density at radius 3 is 2.53 bits per heavy atom. The van der Waals surface area contributed by atoms with Crippen LogP contribution >= 0.6 is 0 Å². The predicted octanol–water partition coefficient (Wildman–Crippen LogP) is 0.924. The van der Waals surface area contributed by atoms with Crippen LogP contribution in [-0.2, 0) is 16.1 Å². The highest BCUT2D eigenvalue weighted by atomic mass is 16.2. The molecule has 0 spiro atoms. The van der Waals surface area contributed by atoms with E-state index in [-0.39, 0.29) is 18.4 Å². The summed E-state index contributed by atoms with van der Waals surface area (Å²) in [6, 6.07) is 9.54. The second-order valence-electron chi connectivity index (χ2n) is 4.75. The van der Waals surface area contributed by atoms with Crippen LogP contribution in [0.25, 0.3) is 0 Å². The summed E-state index contributed by atoms with van der Waals surface area (Å²) < 4.78 is 0. The molecule has 4 heteroatoms. The van der Waals surface area contributed by atoms with Crippen LogP contribution in [0.3, 0.4) is 0 Å². The molecule has 2 amide bonds. The number of nitrogens with one attached hydrogen (secondary N) is 1. The molecule has 0 radical (unpaired) electrons. The summed E-state index contributed by atoms with van der Waals surface area (Å²) in [5, 5.41) is 2.93. The lowest BCUT2D eigenvalue weighted by molar-refractivity contribution is -0.153. The van der Waals surface area contributed by atoms with E-state index in [0.29, 0.717) is 6.54 Å². The number of rotatable bonds is 2. The number of carbonyl (C=O) groups excluding carboxylic acids is 2. The van der Waals surface area contributed by atoms with Gasteiger partial charge < -0.3 is 0 Å². The highest BCUT2D eigenvalue weighted by Crippen LogP contribution is 2.16. The second-order valence-corrected chi connectivity index (χ2v) is 4.75. The Kier molecular flexibility index (Phi) is 2.98. The van der Waals surface area contributed by atoms with Crippen molar-refractivity contribution in [3.8, 4) is 0 Å². The summed E-state index contributed by atoms with van der Waals surface area (Å²) in [5.41, 5.74) is 0.301. The predicted molar refractivity (Wildman–Crippen MR) is 64.1 cm³/mol. The Labute approximate surface area is 101 Å². The highest BCUT2D eigenvalue weighted by Gasteiger charge is 2.39. The van der Waals surface area contributed by atoms with Crippen molar-refractivity contribution in [3.63, 3.8) is 0 Å². The molecule has 1 N–H and O–H groups in total. The van der Waals surface area contributed by atoms with Gasteiger partial charge in [-0.1, -0.05) is 30.3 Å². The Morgan fingerprint density at radius 2 is 1.88 bits per heavy atom. The van der Waals surface area contributed by atoms with Crippen molar-refractivity contribution in [2.75, 3.05) is 6.54 Å². The van der Waals surface area contributed by atoms with Crippen molar-refractivity contribution in [1.29, 1.82) is 0 Å². The quantitative estimate of drug-likeness (QED) is 0.771. The van der Waals surface area contributed by atoms with Gasteiger partial charge in [0.25, 0.3) is 0 Å². The van der Waals surface area contributed by atoms with Crippen LogP contribution in [0, 0.1) is 0 Å². The maximum absolute atomic E-state index is 12.1. The van der Waals surface area contributed by atoms with Crippen molar-refractivity contribution in [2.45, 2.75) is 25.9 Å². The van der Waals surface area contributed by atoms with Crippen LogP contribution < -0.4 is 5.32 Å². The van der Waals surface area contributed by atoms with Crippen LogP contribution in [0.1, 0.15) is 19.4 Å². The number of piperazine rings is 1. The molecule has 17 heavy (non-hydrogen) atoms. The number of imide groups is 1. The van der Waals surface area contributed by atoms with E-state index in [0.717, 1.165) is 5.56 Å². The molecule has 0 atom stereocenters. The molecular formula is C13H16N2O2. The Morgan fingerprint density at radius 1 is 1.24 bits per heavy atom. The van der Waals surface area contributed by atoms with Crippen molar-refractivity contribution >= 4 is 11.8 Å². The van der Waals surface area contributed by atoms with E-state index < -0.39 is 5.54 Å². The lowest BCUT2D eigenvalue weighted by Crippen LogP contribution is -2.63. The zero-order valence-electron chi connectivity index (χ0n) is 10.1. The molecule has 1 saturated heterocycles. The molecule has 1 aliphatic heterocycles. The number of nitrogens with zero attached hydrogens (tertiary/aromatic N) is 1. The summed E-state index contributed by atoms with van der Waals surface area (Å²) in [5.74, 6) is -0.337. The SMILES string of the molecule is CC1(C)NCC(=O)N(Cc2ccccc2)C1=O. The molecule has 90 valence electrons. The Bertz CT molecular complexity index is 440. The summed E-state index contributed by atoms with van der Waals surface area (Å²) in [4.78, 5) is 25.2. The van der Waals surface area contributed by atoms with Gasteiger partial charge in [0.2, 0.25) is 11.8 Å². The maximum Gasteiger partial charge on any atom is 0.249 e. The number of hydrogen-bond donors (Lipinski definition) is 1. The third kappa shape index (κ3) is 2.36. The van der Waals surface area contributed by atoms with Gasteiger partial charge in [-0.3, -0.25) is 19.8 Å². The molecule has 0 bridgehead atoms. The first-order valence-electron chi connectivity index (χ1n) is 5.64. The van der Waals surface area contributed by atoms with Gasteiger partial charge in [0.15, 0.2) is 0 Å².